The van der Waals surface area contributed by atoms with Crippen LogP contribution in [-0.2, 0) is 10.8 Å². The average molecular weight is 828 g/mol. The van der Waals surface area contributed by atoms with Crippen molar-refractivity contribution in [3.05, 3.63) is 270 Å². The van der Waals surface area contributed by atoms with Crippen LogP contribution in [0.5, 0.6) is 0 Å². The molecule has 65 heavy (non-hydrogen) atoms. The van der Waals surface area contributed by atoms with Crippen LogP contribution in [-0.4, -0.2) is 0 Å². The topological polar surface area (TPSA) is 3.24 Å². The fourth-order valence-electron chi connectivity index (χ4n) is 11.8. The maximum Gasteiger partial charge on any atom is 0.0725 e. The first kappa shape index (κ1) is 37.5. The molecule has 0 atom stereocenters. The number of fused-ring (bicyclic) bond motifs is 15. The molecule has 306 valence electrons. The molecule has 0 aromatic heterocycles. The molecule has 13 rings (SSSR count). The Bertz CT molecular complexity index is 3450. The zero-order valence-electron chi connectivity index (χ0n) is 36.5. The Morgan fingerprint density at radius 1 is 0.262 bits per heavy atom. The van der Waals surface area contributed by atoms with E-state index in [9.17, 15) is 0 Å². The van der Waals surface area contributed by atoms with Gasteiger partial charge in [0.25, 0.3) is 0 Å². The van der Waals surface area contributed by atoms with E-state index in [1.807, 2.05) is 0 Å². The summed E-state index contributed by atoms with van der Waals surface area (Å²) in [6.07, 6.45) is 0. The predicted molar refractivity (Wildman–Crippen MR) is 271 cm³/mol. The molecule has 0 amide bonds. The molecule has 1 nitrogen and oxygen atoms in total. The monoisotopic (exact) mass is 827 g/mol. The van der Waals surface area contributed by atoms with E-state index in [0.717, 1.165) is 17.1 Å². The van der Waals surface area contributed by atoms with Crippen molar-refractivity contribution in [2.75, 3.05) is 4.90 Å². The first-order chi connectivity index (χ1) is 32.0. The van der Waals surface area contributed by atoms with Crippen LogP contribution in [0.4, 0.5) is 17.1 Å². The molecule has 0 saturated heterocycles. The van der Waals surface area contributed by atoms with Crippen molar-refractivity contribution in [1.29, 1.82) is 0 Å². The maximum absolute atomic E-state index is 2.45. The molecule has 10 aromatic carbocycles. The van der Waals surface area contributed by atoms with Crippen LogP contribution in [0.15, 0.2) is 237 Å². The Hall–Kier alpha value is -8.00. The van der Waals surface area contributed by atoms with Crippen molar-refractivity contribution < 1.29 is 0 Å². The molecular weight excluding hydrogens is 783 g/mol. The first-order valence-electron chi connectivity index (χ1n) is 22.8. The summed E-state index contributed by atoms with van der Waals surface area (Å²) < 4.78 is 0. The summed E-state index contributed by atoms with van der Waals surface area (Å²) in [5, 5.41) is 0. The Kier molecular flexibility index (Phi) is 8.24. The average Bonchev–Trinajstić information content (AvgIpc) is 3.75. The van der Waals surface area contributed by atoms with Crippen LogP contribution < -0.4 is 4.90 Å². The van der Waals surface area contributed by atoms with Crippen LogP contribution in [0.3, 0.4) is 0 Å². The minimum atomic E-state index is -0.487. The van der Waals surface area contributed by atoms with Crippen molar-refractivity contribution in [1.82, 2.24) is 0 Å². The highest BCUT2D eigenvalue weighted by Gasteiger charge is 2.49. The van der Waals surface area contributed by atoms with E-state index in [4.69, 9.17) is 0 Å². The summed E-state index contributed by atoms with van der Waals surface area (Å²) >= 11 is 0. The summed E-state index contributed by atoms with van der Waals surface area (Å²) in [6.45, 7) is 4.73. The van der Waals surface area contributed by atoms with Gasteiger partial charge in [0.1, 0.15) is 0 Å². The lowest BCUT2D eigenvalue weighted by molar-refractivity contribution is 0.660. The van der Waals surface area contributed by atoms with E-state index < -0.39 is 5.41 Å². The van der Waals surface area contributed by atoms with Gasteiger partial charge >= 0.3 is 0 Å². The van der Waals surface area contributed by atoms with Crippen LogP contribution >= 0.6 is 0 Å². The van der Waals surface area contributed by atoms with Gasteiger partial charge in [0.15, 0.2) is 0 Å². The Labute approximate surface area is 381 Å². The molecule has 0 bridgehead atoms. The highest BCUT2D eigenvalue weighted by Crippen LogP contribution is 2.62. The molecule has 0 fully saturated rings. The quantitative estimate of drug-likeness (QED) is 0.167. The third-order valence-corrected chi connectivity index (χ3v) is 14.7. The Morgan fingerprint density at radius 2 is 0.692 bits per heavy atom. The SMILES string of the molecule is CC1(C)c2ccccc2-c2ccc(N(c3ccc(-c4ccc5c(c4)-c4ccccc4C54c5ccccc5-c5ccccc5-c5ccccc54)cc3)c3ccccc3-c3ccccc3)cc21. The molecule has 3 aliphatic rings. The highest BCUT2D eigenvalue weighted by molar-refractivity contribution is 5.98. The smallest absolute Gasteiger partial charge is 0.0725 e. The summed E-state index contributed by atoms with van der Waals surface area (Å²) in [6, 6.07) is 88.3. The van der Waals surface area contributed by atoms with Gasteiger partial charge in [-0.25, -0.2) is 0 Å². The minimum absolute atomic E-state index is 0.119. The molecule has 0 unspecified atom stereocenters. The van der Waals surface area contributed by atoms with Crippen LogP contribution in [0.1, 0.15) is 47.2 Å². The van der Waals surface area contributed by atoms with Crippen LogP contribution in [0.2, 0.25) is 0 Å². The third kappa shape index (κ3) is 5.39. The van der Waals surface area contributed by atoms with E-state index in [-0.39, 0.29) is 5.41 Å². The van der Waals surface area contributed by atoms with Gasteiger partial charge in [-0.3, -0.25) is 0 Å². The predicted octanol–water partition coefficient (Wildman–Crippen LogP) is 16.8. The fourth-order valence-corrected chi connectivity index (χ4v) is 11.8. The lowest BCUT2D eigenvalue weighted by Crippen LogP contribution is -2.29. The summed E-state index contributed by atoms with van der Waals surface area (Å²) in [4.78, 5) is 2.45. The van der Waals surface area contributed by atoms with E-state index in [2.05, 4.69) is 255 Å². The summed E-state index contributed by atoms with van der Waals surface area (Å²) in [5.41, 5.74) is 26.0. The number of hydrogen-bond acceptors (Lipinski definition) is 1. The van der Waals surface area contributed by atoms with Crippen molar-refractivity contribution in [3.8, 4) is 66.8 Å². The molecule has 1 heteroatoms. The van der Waals surface area contributed by atoms with E-state index in [1.54, 1.807) is 0 Å². The van der Waals surface area contributed by atoms with Crippen molar-refractivity contribution in [2.24, 2.45) is 0 Å². The zero-order chi connectivity index (χ0) is 43.3. The van der Waals surface area contributed by atoms with E-state index >= 15 is 0 Å². The van der Waals surface area contributed by atoms with Crippen molar-refractivity contribution >= 4 is 17.1 Å². The molecule has 1 spiro atoms. The van der Waals surface area contributed by atoms with Gasteiger partial charge in [0.2, 0.25) is 0 Å². The van der Waals surface area contributed by atoms with Crippen LogP contribution in [0.25, 0.3) is 66.8 Å². The third-order valence-electron chi connectivity index (χ3n) is 14.7. The number of benzene rings is 10. The second-order valence-corrected chi connectivity index (χ2v) is 18.4. The molecule has 0 heterocycles. The molecule has 3 aliphatic carbocycles. The standard InChI is InChI=1S/C64H45N/c1-63(2)56-27-13-8-25-52(56)54-38-37-46(41-61(54)63)65(62-31-17-12-20-47(62)43-18-4-3-5-19-43)45-35-32-42(33-36-45)44-34-39-60-55(40-44)53-26-11-16-30-59(53)64(60)57-28-14-9-23-50(57)48-21-6-7-22-49(48)51-24-10-15-29-58(51)64/h3-41H,1-2H3. The second kappa shape index (κ2) is 14.3. The van der Waals surface area contributed by atoms with Gasteiger partial charge < -0.3 is 4.90 Å². The van der Waals surface area contributed by atoms with Gasteiger partial charge in [-0.2, -0.15) is 0 Å². The lowest BCUT2D eigenvalue weighted by atomic mass is 9.66. The number of rotatable bonds is 5. The fraction of sp³-hybridized carbons (Fsp3) is 0.0625. The summed E-state index contributed by atoms with van der Waals surface area (Å²) in [5.74, 6) is 0. The zero-order valence-corrected chi connectivity index (χ0v) is 36.5. The molecule has 0 N–H and O–H groups in total. The van der Waals surface area contributed by atoms with Crippen molar-refractivity contribution in [3.63, 3.8) is 0 Å². The number of nitrogens with zero attached hydrogens (tertiary/aromatic N) is 1. The van der Waals surface area contributed by atoms with Crippen LogP contribution in [0, 0.1) is 0 Å². The first-order valence-corrected chi connectivity index (χ1v) is 22.8. The van der Waals surface area contributed by atoms with Gasteiger partial charge in [0, 0.05) is 22.4 Å². The summed E-state index contributed by atoms with van der Waals surface area (Å²) in [7, 11) is 0. The minimum Gasteiger partial charge on any atom is -0.310 e. The van der Waals surface area contributed by atoms with Gasteiger partial charge in [-0.1, -0.05) is 214 Å². The highest BCUT2D eigenvalue weighted by atomic mass is 15.1. The van der Waals surface area contributed by atoms with Crippen molar-refractivity contribution in [2.45, 2.75) is 24.7 Å². The molecule has 10 aromatic rings. The molecular formula is C64H45N. The maximum atomic E-state index is 2.45. The molecule has 0 radical (unpaired) electrons. The van der Waals surface area contributed by atoms with Gasteiger partial charge in [-0.05, 0) is 131 Å². The molecule has 0 saturated carbocycles. The number of anilines is 3. The molecule has 0 aliphatic heterocycles. The van der Waals surface area contributed by atoms with Gasteiger partial charge in [0.05, 0.1) is 11.1 Å². The largest absolute Gasteiger partial charge is 0.310 e. The second-order valence-electron chi connectivity index (χ2n) is 18.4. The Balaban J connectivity index is 0.965. The lowest BCUT2D eigenvalue weighted by Gasteiger charge is -2.35. The normalized spacial score (nSPS) is 13.9. The number of para-hydroxylation sites is 1. The Morgan fingerprint density at radius 3 is 1.31 bits per heavy atom. The van der Waals surface area contributed by atoms with E-state index in [0.29, 0.717) is 0 Å². The van der Waals surface area contributed by atoms with Gasteiger partial charge in [-0.15, -0.1) is 0 Å². The number of hydrogen-bond donors (Lipinski definition) is 0. The van der Waals surface area contributed by atoms with E-state index in [1.165, 1.54) is 100 Å².